The highest BCUT2D eigenvalue weighted by Gasteiger charge is 2.32. The number of benzene rings is 3. The highest BCUT2D eigenvalue weighted by atomic mass is 16.6. The van der Waals surface area contributed by atoms with E-state index in [0.29, 0.717) is 6.54 Å². The van der Waals surface area contributed by atoms with E-state index in [9.17, 15) is 4.79 Å². The second-order valence-electron chi connectivity index (χ2n) is 6.86. The van der Waals surface area contributed by atoms with Gasteiger partial charge in [0.05, 0.1) is 13.2 Å². The van der Waals surface area contributed by atoms with Crippen LogP contribution in [-0.4, -0.2) is 24.6 Å². The van der Waals surface area contributed by atoms with Crippen molar-refractivity contribution in [3.63, 3.8) is 0 Å². The zero-order valence-electron chi connectivity index (χ0n) is 15.9. The van der Waals surface area contributed by atoms with Crippen LogP contribution in [-0.2, 0) is 17.8 Å². The zero-order chi connectivity index (χ0) is 19.3. The first kappa shape index (κ1) is 18.1. The highest BCUT2D eigenvalue weighted by molar-refractivity contribution is 5.70. The summed E-state index contributed by atoms with van der Waals surface area (Å²) in [5.41, 5.74) is 4.45. The first-order valence-electron chi connectivity index (χ1n) is 9.45. The summed E-state index contributed by atoms with van der Waals surface area (Å²) in [4.78, 5) is 14.8. The van der Waals surface area contributed by atoms with E-state index in [4.69, 9.17) is 9.47 Å². The van der Waals surface area contributed by atoms with Crippen LogP contribution in [0.15, 0.2) is 78.9 Å². The van der Waals surface area contributed by atoms with Crippen LogP contribution >= 0.6 is 0 Å². The van der Waals surface area contributed by atoms with Crippen molar-refractivity contribution in [3.05, 3.63) is 101 Å². The average molecular weight is 373 g/mol. The molecule has 142 valence electrons. The molecule has 1 aliphatic rings. The summed E-state index contributed by atoms with van der Waals surface area (Å²) in [6, 6.07) is 25.8. The molecule has 0 radical (unpaired) electrons. The van der Waals surface area contributed by atoms with Gasteiger partial charge in [-0.1, -0.05) is 66.7 Å². The first-order chi connectivity index (χ1) is 13.8. The molecule has 28 heavy (non-hydrogen) atoms. The Bertz CT molecular complexity index is 938. The minimum absolute atomic E-state index is 0.167. The van der Waals surface area contributed by atoms with E-state index in [-0.39, 0.29) is 18.7 Å². The smallest absolute Gasteiger partial charge is 0.410 e. The molecule has 1 heterocycles. The van der Waals surface area contributed by atoms with Gasteiger partial charge < -0.3 is 9.47 Å². The molecule has 0 saturated heterocycles. The van der Waals surface area contributed by atoms with E-state index >= 15 is 0 Å². The summed E-state index contributed by atoms with van der Waals surface area (Å²) in [5.74, 6) is 0.797. The Hall–Kier alpha value is -3.27. The summed E-state index contributed by atoms with van der Waals surface area (Å²) in [6.45, 7) is 0.897. The second kappa shape index (κ2) is 8.17. The van der Waals surface area contributed by atoms with Gasteiger partial charge in [0.2, 0.25) is 0 Å². The number of nitrogens with zero attached hydrogens (tertiary/aromatic N) is 1. The Kier molecular flexibility index (Phi) is 5.29. The van der Waals surface area contributed by atoms with Crippen LogP contribution in [0.25, 0.3) is 0 Å². The maximum Gasteiger partial charge on any atom is 0.410 e. The molecule has 0 saturated carbocycles. The molecule has 4 nitrogen and oxygen atoms in total. The molecular formula is C24H23NO3. The number of rotatable bonds is 4. The molecule has 3 aromatic rings. The summed E-state index contributed by atoms with van der Waals surface area (Å²) in [6.07, 6.45) is 0.530. The number of methoxy groups -OCH3 is 1. The van der Waals surface area contributed by atoms with E-state index in [1.165, 1.54) is 5.56 Å². The summed E-state index contributed by atoms with van der Waals surface area (Å²) in [7, 11) is 1.65. The molecule has 0 bridgehead atoms. The van der Waals surface area contributed by atoms with Crippen molar-refractivity contribution in [2.45, 2.75) is 19.1 Å². The number of hydrogen-bond donors (Lipinski definition) is 0. The number of carbonyl (C=O) groups excluding carboxylic acids is 1. The van der Waals surface area contributed by atoms with Gasteiger partial charge in [0, 0.05) is 6.54 Å². The van der Waals surface area contributed by atoms with Gasteiger partial charge >= 0.3 is 6.09 Å². The van der Waals surface area contributed by atoms with Crippen LogP contribution < -0.4 is 4.74 Å². The molecular weight excluding hydrogens is 350 g/mol. The Morgan fingerprint density at radius 2 is 1.68 bits per heavy atom. The van der Waals surface area contributed by atoms with Crippen molar-refractivity contribution < 1.29 is 14.3 Å². The number of fused-ring (bicyclic) bond motifs is 1. The molecule has 1 unspecified atom stereocenters. The van der Waals surface area contributed by atoms with E-state index in [2.05, 4.69) is 12.1 Å². The number of amides is 1. The van der Waals surface area contributed by atoms with Gasteiger partial charge in [-0.05, 0) is 40.8 Å². The normalized spacial score (nSPS) is 15.6. The monoisotopic (exact) mass is 373 g/mol. The van der Waals surface area contributed by atoms with E-state index in [1.54, 1.807) is 7.11 Å². The quantitative estimate of drug-likeness (QED) is 0.647. The Balaban J connectivity index is 1.62. The first-order valence-corrected chi connectivity index (χ1v) is 9.45. The maximum absolute atomic E-state index is 13.0. The van der Waals surface area contributed by atoms with Crippen molar-refractivity contribution in [1.82, 2.24) is 4.90 Å². The third-order valence-electron chi connectivity index (χ3n) is 5.15. The highest BCUT2D eigenvalue weighted by Crippen LogP contribution is 2.36. The van der Waals surface area contributed by atoms with Crippen LogP contribution in [0.1, 0.15) is 28.3 Å². The number of carbonyl (C=O) groups is 1. The molecule has 4 heteroatoms. The molecule has 0 fully saturated rings. The molecule has 0 N–H and O–H groups in total. The molecule has 0 aromatic heterocycles. The van der Waals surface area contributed by atoms with Crippen LogP contribution in [0.3, 0.4) is 0 Å². The standard InChI is InChI=1S/C24H23NO3/c1-27-21-13-11-20(12-14-21)23-22-10-6-5-9-19(22)15-16-25(23)24(26)28-17-18-7-3-2-4-8-18/h2-14,23H,15-17H2,1H3. The van der Waals surface area contributed by atoms with E-state index in [1.807, 2.05) is 71.6 Å². The largest absolute Gasteiger partial charge is 0.497 e. The maximum atomic E-state index is 13.0. The second-order valence-corrected chi connectivity index (χ2v) is 6.86. The van der Waals surface area contributed by atoms with Gasteiger partial charge in [-0.3, -0.25) is 4.90 Å². The molecule has 1 amide bonds. The Morgan fingerprint density at radius 3 is 2.43 bits per heavy atom. The lowest BCUT2D eigenvalue weighted by Crippen LogP contribution is -2.40. The van der Waals surface area contributed by atoms with Gasteiger partial charge in [0.15, 0.2) is 0 Å². The topological polar surface area (TPSA) is 38.8 Å². The zero-order valence-corrected chi connectivity index (χ0v) is 15.9. The van der Waals surface area contributed by atoms with Crippen molar-refractivity contribution in [2.24, 2.45) is 0 Å². The van der Waals surface area contributed by atoms with Gasteiger partial charge in [-0.25, -0.2) is 4.79 Å². The minimum atomic E-state index is -0.292. The van der Waals surface area contributed by atoms with Crippen LogP contribution in [0.5, 0.6) is 5.75 Å². The lowest BCUT2D eigenvalue weighted by atomic mass is 9.88. The Labute approximate surface area is 165 Å². The molecule has 3 aromatic carbocycles. The molecule has 4 rings (SSSR count). The van der Waals surface area contributed by atoms with Crippen LogP contribution in [0.4, 0.5) is 4.79 Å². The van der Waals surface area contributed by atoms with E-state index in [0.717, 1.165) is 28.9 Å². The third-order valence-corrected chi connectivity index (χ3v) is 5.15. The predicted molar refractivity (Wildman–Crippen MR) is 108 cm³/mol. The van der Waals surface area contributed by atoms with Crippen LogP contribution in [0, 0.1) is 0 Å². The minimum Gasteiger partial charge on any atom is -0.497 e. The number of ether oxygens (including phenoxy) is 2. The predicted octanol–water partition coefficient (Wildman–Crippen LogP) is 4.98. The Morgan fingerprint density at radius 1 is 0.964 bits per heavy atom. The van der Waals surface area contributed by atoms with Crippen molar-refractivity contribution in [1.29, 1.82) is 0 Å². The lowest BCUT2D eigenvalue weighted by molar-refractivity contribution is 0.0837. The SMILES string of the molecule is COc1ccc(C2c3ccccc3CCN2C(=O)OCc2ccccc2)cc1. The molecule has 0 spiro atoms. The third kappa shape index (κ3) is 3.72. The molecule has 0 aliphatic carbocycles. The fraction of sp³-hybridized carbons (Fsp3) is 0.208. The summed E-state index contributed by atoms with van der Waals surface area (Å²) >= 11 is 0. The average Bonchev–Trinajstić information content (AvgIpc) is 2.77. The van der Waals surface area contributed by atoms with Gasteiger partial charge in [-0.15, -0.1) is 0 Å². The van der Waals surface area contributed by atoms with Crippen LogP contribution in [0.2, 0.25) is 0 Å². The van der Waals surface area contributed by atoms with Gasteiger partial charge in [-0.2, -0.15) is 0 Å². The van der Waals surface area contributed by atoms with Gasteiger partial charge in [0.25, 0.3) is 0 Å². The number of hydrogen-bond acceptors (Lipinski definition) is 3. The van der Waals surface area contributed by atoms with Gasteiger partial charge in [0.1, 0.15) is 12.4 Å². The fourth-order valence-corrected chi connectivity index (χ4v) is 3.71. The van der Waals surface area contributed by atoms with Crippen molar-refractivity contribution in [2.75, 3.05) is 13.7 Å². The van der Waals surface area contributed by atoms with E-state index < -0.39 is 0 Å². The summed E-state index contributed by atoms with van der Waals surface area (Å²) in [5, 5.41) is 0. The fourth-order valence-electron chi connectivity index (χ4n) is 3.71. The summed E-state index contributed by atoms with van der Waals surface area (Å²) < 4.78 is 10.9. The lowest BCUT2D eigenvalue weighted by Gasteiger charge is -2.37. The van der Waals surface area contributed by atoms with Crippen molar-refractivity contribution >= 4 is 6.09 Å². The van der Waals surface area contributed by atoms with Crippen molar-refractivity contribution in [3.8, 4) is 5.75 Å². The molecule has 1 atom stereocenters. The molecule has 1 aliphatic heterocycles.